The molecule has 0 aliphatic carbocycles. The third-order valence-electron chi connectivity index (χ3n) is 7.09. The van der Waals surface area contributed by atoms with Crippen LogP contribution in [0.25, 0.3) is 22.3 Å². The molecule has 0 atom stereocenters. The van der Waals surface area contributed by atoms with Gasteiger partial charge in [-0.2, -0.15) is 9.78 Å². The van der Waals surface area contributed by atoms with E-state index in [1.165, 1.54) is 28.9 Å². The highest BCUT2D eigenvalue weighted by Crippen LogP contribution is 2.36. The molecule has 0 saturated carbocycles. The minimum absolute atomic E-state index is 0.175. The second-order valence-corrected chi connectivity index (χ2v) is 12.5. The molecule has 5 rings (SSSR count). The first kappa shape index (κ1) is 33.0. The van der Waals surface area contributed by atoms with Crippen LogP contribution in [0.5, 0.6) is 11.5 Å². The van der Waals surface area contributed by atoms with Crippen LogP contribution >= 0.6 is 31.9 Å². The summed E-state index contributed by atoms with van der Waals surface area (Å²) in [6.45, 7) is 8.37. The lowest BCUT2D eigenvalue weighted by Gasteiger charge is -2.18. The van der Waals surface area contributed by atoms with Crippen LogP contribution in [0.15, 0.2) is 91.6 Å². The van der Waals surface area contributed by atoms with E-state index in [2.05, 4.69) is 56.1 Å². The highest BCUT2D eigenvalue weighted by atomic mass is 79.9. The van der Waals surface area contributed by atoms with Gasteiger partial charge in [-0.3, -0.25) is 9.59 Å². The zero-order valence-corrected chi connectivity index (χ0v) is 28.8. The fourth-order valence-electron chi connectivity index (χ4n) is 4.86. The lowest BCUT2D eigenvalue weighted by atomic mass is 9.96. The summed E-state index contributed by atoms with van der Waals surface area (Å²) in [7, 11) is 0. The number of nitrogens with zero attached hydrogens (tertiary/aromatic N) is 3. The van der Waals surface area contributed by atoms with Crippen molar-refractivity contribution in [3.8, 4) is 22.9 Å². The summed E-state index contributed by atoms with van der Waals surface area (Å²) in [6.07, 6.45) is 1.56. The summed E-state index contributed by atoms with van der Waals surface area (Å²) in [6, 6.07) is 20.2. The van der Waals surface area contributed by atoms with Crippen LogP contribution in [0.4, 0.5) is 10.1 Å². The molecule has 0 aliphatic heterocycles. The third kappa shape index (κ3) is 7.37. The first-order valence-electron chi connectivity index (χ1n) is 14.6. The topological polar surface area (TPSA) is 94.8 Å². The van der Waals surface area contributed by atoms with Gasteiger partial charge in [0.2, 0.25) is 0 Å². The number of aryl methyl sites for hydroxylation is 1. The van der Waals surface area contributed by atoms with Crippen molar-refractivity contribution in [2.75, 3.05) is 18.5 Å². The molecule has 1 aromatic heterocycles. The third-order valence-corrected chi connectivity index (χ3v) is 8.27. The number of nitrogens with one attached hydrogen (secondary N) is 1. The average Bonchev–Trinajstić information content (AvgIpc) is 3.01. The number of hydrogen-bond donors (Lipinski definition) is 1. The first-order valence-corrected chi connectivity index (χ1v) is 16.2. The Balaban J connectivity index is 1.48. The van der Waals surface area contributed by atoms with Gasteiger partial charge in [0.05, 0.1) is 32.7 Å². The summed E-state index contributed by atoms with van der Waals surface area (Å²) in [5.74, 6) is 0.999. The average molecular weight is 750 g/mol. The van der Waals surface area contributed by atoms with Crippen LogP contribution in [-0.2, 0) is 4.79 Å². The van der Waals surface area contributed by atoms with Crippen molar-refractivity contribution in [2.45, 2.75) is 33.6 Å². The minimum Gasteiger partial charge on any atom is -0.494 e. The Kier molecular flexibility index (Phi) is 10.3. The van der Waals surface area contributed by atoms with Gasteiger partial charge < -0.3 is 14.8 Å². The van der Waals surface area contributed by atoms with Gasteiger partial charge in [-0.05, 0) is 129 Å². The number of halogens is 3. The van der Waals surface area contributed by atoms with Crippen LogP contribution < -0.4 is 20.3 Å². The summed E-state index contributed by atoms with van der Waals surface area (Å²) in [5, 5.41) is 7.73. The van der Waals surface area contributed by atoms with Gasteiger partial charge in [0.15, 0.2) is 12.4 Å². The molecule has 8 nitrogen and oxygen atoms in total. The number of carbonyl (C=O) groups is 1. The maximum Gasteiger partial charge on any atom is 0.282 e. The van der Waals surface area contributed by atoms with Crippen molar-refractivity contribution in [2.24, 2.45) is 5.10 Å². The molecule has 0 fully saturated rings. The maximum absolute atomic E-state index is 13.8. The minimum atomic E-state index is -0.406. The highest BCUT2D eigenvalue weighted by Gasteiger charge is 2.19. The Bertz CT molecular complexity index is 1990. The monoisotopic (exact) mass is 748 g/mol. The Morgan fingerprint density at radius 3 is 2.41 bits per heavy atom. The number of anilines is 1. The fraction of sp³-hybridized carbons (Fsp3) is 0.200. The van der Waals surface area contributed by atoms with Crippen LogP contribution in [0.3, 0.4) is 0 Å². The van der Waals surface area contributed by atoms with Gasteiger partial charge >= 0.3 is 0 Å². The Morgan fingerprint density at radius 1 is 1.04 bits per heavy atom. The number of aromatic nitrogens is 2. The van der Waals surface area contributed by atoms with Crippen molar-refractivity contribution in [1.29, 1.82) is 0 Å². The van der Waals surface area contributed by atoms with Crippen LogP contribution in [-0.4, -0.2) is 35.0 Å². The van der Waals surface area contributed by atoms with Gasteiger partial charge in [-0.1, -0.05) is 26.0 Å². The van der Waals surface area contributed by atoms with Gasteiger partial charge in [-0.25, -0.2) is 9.37 Å². The molecular weight excluding hydrogens is 719 g/mol. The molecule has 0 spiro atoms. The number of benzene rings is 4. The van der Waals surface area contributed by atoms with Crippen molar-refractivity contribution in [3.63, 3.8) is 0 Å². The SMILES string of the molecule is CCOc1cc(C)c(-c2nc3ccccc3c(=O)n2N=Cc2cc(Br)c(OCC(=O)Nc3ccc(F)cc3)c(Br)c2)cc1C(C)C. The fourth-order valence-corrected chi connectivity index (χ4v) is 6.31. The quantitative estimate of drug-likeness (QED) is 0.145. The van der Waals surface area contributed by atoms with Gasteiger partial charge in [-0.15, -0.1) is 0 Å². The normalized spacial score (nSPS) is 11.4. The second-order valence-electron chi connectivity index (χ2n) is 10.8. The molecule has 0 aliphatic rings. The predicted octanol–water partition coefficient (Wildman–Crippen LogP) is 8.46. The van der Waals surface area contributed by atoms with E-state index in [1.54, 1.807) is 30.5 Å². The number of ether oxygens (including phenoxy) is 2. The zero-order chi connectivity index (χ0) is 33.0. The largest absolute Gasteiger partial charge is 0.494 e. The van der Waals surface area contributed by atoms with Crippen molar-refractivity contribution < 1.29 is 18.7 Å². The highest BCUT2D eigenvalue weighted by molar-refractivity contribution is 9.11. The Labute approximate surface area is 282 Å². The molecule has 46 heavy (non-hydrogen) atoms. The molecule has 0 saturated heterocycles. The molecule has 1 amide bonds. The lowest BCUT2D eigenvalue weighted by Crippen LogP contribution is -2.21. The number of amides is 1. The van der Waals surface area contributed by atoms with E-state index in [9.17, 15) is 14.0 Å². The summed E-state index contributed by atoms with van der Waals surface area (Å²) in [4.78, 5) is 31.1. The molecular formula is C35H31Br2FN4O4. The Hall–Kier alpha value is -4.35. The second kappa shape index (κ2) is 14.4. The number of fused-ring (bicyclic) bond motifs is 1. The van der Waals surface area contributed by atoms with Gasteiger partial charge in [0.1, 0.15) is 17.3 Å². The summed E-state index contributed by atoms with van der Waals surface area (Å²) < 4.78 is 27.3. The van der Waals surface area contributed by atoms with E-state index in [-0.39, 0.29) is 18.1 Å². The lowest BCUT2D eigenvalue weighted by molar-refractivity contribution is -0.118. The molecule has 4 aromatic carbocycles. The summed E-state index contributed by atoms with van der Waals surface area (Å²) >= 11 is 7.03. The maximum atomic E-state index is 13.8. The standard InChI is InChI=1S/C35H31Br2FN4O4/c1-5-45-31-14-21(4)27(17-26(31)20(2)3)34-41-30-9-7-6-8-25(30)35(44)42(34)39-18-22-15-28(36)33(29(37)16-22)46-19-32(43)40-24-12-10-23(38)11-13-24/h6-18,20H,5,19H2,1-4H3,(H,40,43). The van der Waals surface area contributed by atoms with E-state index >= 15 is 0 Å². The molecule has 1 heterocycles. The number of carbonyl (C=O) groups excluding carboxylic acids is 1. The van der Waals surface area contributed by atoms with E-state index in [0.717, 1.165) is 22.4 Å². The molecule has 0 radical (unpaired) electrons. The number of rotatable bonds is 10. The van der Waals surface area contributed by atoms with E-state index < -0.39 is 11.7 Å². The van der Waals surface area contributed by atoms with Crippen molar-refractivity contribution >= 4 is 60.6 Å². The van der Waals surface area contributed by atoms with Crippen LogP contribution in [0, 0.1) is 12.7 Å². The van der Waals surface area contributed by atoms with E-state index in [1.807, 2.05) is 38.1 Å². The van der Waals surface area contributed by atoms with Crippen molar-refractivity contribution in [3.05, 3.63) is 115 Å². The molecule has 0 unspecified atom stereocenters. The summed E-state index contributed by atoms with van der Waals surface area (Å²) in [5.41, 5.74) is 4.06. The van der Waals surface area contributed by atoms with Crippen molar-refractivity contribution in [1.82, 2.24) is 9.66 Å². The zero-order valence-electron chi connectivity index (χ0n) is 25.6. The molecule has 11 heteroatoms. The van der Waals surface area contributed by atoms with Gasteiger partial charge in [0, 0.05) is 11.3 Å². The molecule has 1 N–H and O–H groups in total. The van der Waals surface area contributed by atoms with E-state index in [4.69, 9.17) is 14.5 Å². The smallest absolute Gasteiger partial charge is 0.282 e. The molecule has 0 bridgehead atoms. The number of para-hydroxylation sites is 1. The predicted molar refractivity (Wildman–Crippen MR) is 187 cm³/mol. The Morgan fingerprint density at radius 2 is 1.74 bits per heavy atom. The van der Waals surface area contributed by atoms with Crippen LogP contribution in [0.2, 0.25) is 0 Å². The molecule has 5 aromatic rings. The molecule has 236 valence electrons. The van der Waals surface area contributed by atoms with E-state index in [0.29, 0.717) is 49.3 Å². The van der Waals surface area contributed by atoms with Gasteiger partial charge in [0.25, 0.3) is 11.5 Å². The van der Waals surface area contributed by atoms with Crippen LogP contribution in [0.1, 0.15) is 43.4 Å². The number of hydrogen-bond acceptors (Lipinski definition) is 6. The first-order chi connectivity index (χ1) is 22.0.